The lowest BCUT2D eigenvalue weighted by Crippen LogP contribution is -2.45. The van der Waals surface area contributed by atoms with E-state index in [1.165, 1.54) is 0 Å². The largest absolute Gasteiger partial charge is 0.477 e. The zero-order valence-electron chi connectivity index (χ0n) is 10.1. The van der Waals surface area contributed by atoms with Gasteiger partial charge in [0.25, 0.3) is 0 Å². The highest BCUT2D eigenvalue weighted by atomic mass is 16.4. The van der Waals surface area contributed by atoms with Crippen molar-refractivity contribution in [2.24, 2.45) is 5.92 Å². The molecular weight excluding hydrogens is 194 g/mol. The summed E-state index contributed by atoms with van der Waals surface area (Å²) in [6, 6.07) is 0. The van der Waals surface area contributed by atoms with Crippen LogP contribution in [-0.4, -0.2) is 48.5 Å². The number of quaternary nitrogens is 1. The first-order chi connectivity index (χ1) is 6.78. The molecule has 4 nitrogen and oxygen atoms in total. The van der Waals surface area contributed by atoms with E-state index in [9.17, 15) is 9.59 Å². The Morgan fingerprint density at radius 1 is 1.33 bits per heavy atom. The molecule has 0 aliphatic carbocycles. The SMILES string of the molecule is CCC(C)C(=O)CC[N+](C)(C)CC(=O)O. The molecule has 0 aromatic heterocycles. The van der Waals surface area contributed by atoms with E-state index in [1.807, 2.05) is 27.9 Å². The maximum Gasteiger partial charge on any atom is 0.359 e. The standard InChI is InChI=1S/C11H21NO3/c1-5-9(2)10(13)6-7-12(3,4)8-11(14)15/h9H,5-8H2,1-4H3/p+1. The van der Waals surface area contributed by atoms with Crippen LogP contribution in [0.25, 0.3) is 0 Å². The van der Waals surface area contributed by atoms with E-state index in [2.05, 4.69) is 0 Å². The van der Waals surface area contributed by atoms with Crippen molar-refractivity contribution in [3.8, 4) is 0 Å². The van der Waals surface area contributed by atoms with Gasteiger partial charge in [-0.2, -0.15) is 0 Å². The Hall–Kier alpha value is -0.900. The minimum atomic E-state index is -0.823. The number of carbonyl (C=O) groups is 2. The third-order valence-corrected chi connectivity index (χ3v) is 2.69. The van der Waals surface area contributed by atoms with Gasteiger partial charge in [-0.05, 0) is 6.42 Å². The minimum absolute atomic E-state index is 0.0633. The fraction of sp³-hybridized carbons (Fsp3) is 0.818. The fourth-order valence-corrected chi connectivity index (χ4v) is 1.33. The molecule has 0 rings (SSSR count). The van der Waals surface area contributed by atoms with Crippen molar-refractivity contribution < 1.29 is 19.2 Å². The van der Waals surface area contributed by atoms with Crippen LogP contribution in [0, 0.1) is 5.92 Å². The van der Waals surface area contributed by atoms with E-state index in [0.29, 0.717) is 17.4 Å². The lowest BCUT2D eigenvalue weighted by atomic mass is 10.0. The van der Waals surface area contributed by atoms with Crippen molar-refractivity contribution in [3.63, 3.8) is 0 Å². The molecule has 1 atom stereocenters. The third kappa shape index (κ3) is 6.23. The van der Waals surface area contributed by atoms with Crippen molar-refractivity contribution in [2.45, 2.75) is 26.7 Å². The average Bonchev–Trinajstić information content (AvgIpc) is 2.11. The number of nitrogens with zero attached hydrogens (tertiary/aromatic N) is 1. The lowest BCUT2D eigenvalue weighted by Gasteiger charge is -2.27. The summed E-state index contributed by atoms with van der Waals surface area (Å²) in [7, 11) is 3.66. The molecule has 0 saturated carbocycles. The Balaban J connectivity index is 4.03. The van der Waals surface area contributed by atoms with Gasteiger partial charge >= 0.3 is 5.97 Å². The maximum atomic E-state index is 11.5. The quantitative estimate of drug-likeness (QED) is 0.650. The first-order valence-electron chi connectivity index (χ1n) is 5.35. The van der Waals surface area contributed by atoms with Gasteiger partial charge in [0.2, 0.25) is 0 Å². The Morgan fingerprint density at radius 3 is 2.27 bits per heavy atom. The Morgan fingerprint density at radius 2 is 1.87 bits per heavy atom. The van der Waals surface area contributed by atoms with Crippen LogP contribution >= 0.6 is 0 Å². The van der Waals surface area contributed by atoms with Crippen molar-refractivity contribution >= 4 is 11.8 Å². The molecule has 0 spiro atoms. The van der Waals surface area contributed by atoms with Gasteiger partial charge in [-0.15, -0.1) is 0 Å². The van der Waals surface area contributed by atoms with E-state index >= 15 is 0 Å². The number of aliphatic carboxylic acids is 1. The van der Waals surface area contributed by atoms with E-state index < -0.39 is 5.97 Å². The second kappa shape index (κ2) is 5.85. The number of carbonyl (C=O) groups excluding carboxylic acids is 1. The summed E-state index contributed by atoms with van der Waals surface area (Å²) >= 11 is 0. The molecular formula is C11H22NO3+. The number of rotatable bonds is 7. The summed E-state index contributed by atoms with van der Waals surface area (Å²) in [5.74, 6) is -0.500. The number of carboxylic acids is 1. The number of hydrogen-bond donors (Lipinski definition) is 1. The summed E-state index contributed by atoms with van der Waals surface area (Å²) in [4.78, 5) is 22.1. The molecule has 0 bridgehead atoms. The second-order valence-corrected chi connectivity index (χ2v) is 4.74. The Bertz CT molecular complexity index is 236. The molecule has 88 valence electrons. The number of hydrogen-bond acceptors (Lipinski definition) is 2. The van der Waals surface area contributed by atoms with Crippen LogP contribution in [0.15, 0.2) is 0 Å². The molecule has 0 saturated heterocycles. The number of ketones is 1. The topological polar surface area (TPSA) is 54.4 Å². The Labute approximate surface area is 91.5 Å². The van der Waals surface area contributed by atoms with Crippen LogP contribution in [0.5, 0.6) is 0 Å². The highest BCUT2D eigenvalue weighted by Gasteiger charge is 2.21. The first-order valence-corrected chi connectivity index (χ1v) is 5.35. The number of carboxylic acid groups (broad SMARTS) is 1. The van der Waals surface area contributed by atoms with E-state index in [-0.39, 0.29) is 18.2 Å². The molecule has 1 unspecified atom stereocenters. The molecule has 0 radical (unpaired) electrons. The van der Waals surface area contributed by atoms with Crippen molar-refractivity contribution in [2.75, 3.05) is 27.2 Å². The molecule has 0 aromatic carbocycles. The molecule has 1 N–H and O–H groups in total. The van der Waals surface area contributed by atoms with Crippen LogP contribution in [0.2, 0.25) is 0 Å². The van der Waals surface area contributed by atoms with Gasteiger partial charge in [0.15, 0.2) is 6.54 Å². The molecule has 0 aromatic rings. The smallest absolute Gasteiger partial charge is 0.359 e. The van der Waals surface area contributed by atoms with Crippen LogP contribution in [0.1, 0.15) is 26.7 Å². The highest BCUT2D eigenvalue weighted by molar-refractivity contribution is 5.80. The van der Waals surface area contributed by atoms with Gasteiger partial charge in [0, 0.05) is 5.92 Å². The van der Waals surface area contributed by atoms with Gasteiger partial charge in [-0.3, -0.25) is 4.79 Å². The zero-order chi connectivity index (χ0) is 12.1. The Kier molecular flexibility index (Phi) is 5.50. The highest BCUT2D eigenvalue weighted by Crippen LogP contribution is 2.08. The van der Waals surface area contributed by atoms with Crippen LogP contribution in [0.3, 0.4) is 0 Å². The summed E-state index contributed by atoms with van der Waals surface area (Å²) in [6.07, 6.45) is 1.32. The first kappa shape index (κ1) is 14.1. The van der Waals surface area contributed by atoms with Crippen LogP contribution < -0.4 is 0 Å². The summed E-state index contributed by atoms with van der Waals surface area (Å²) < 4.78 is 0.359. The van der Waals surface area contributed by atoms with Crippen molar-refractivity contribution in [1.29, 1.82) is 0 Å². The zero-order valence-corrected chi connectivity index (χ0v) is 10.1. The summed E-state index contributed by atoms with van der Waals surface area (Å²) in [6.45, 7) is 4.56. The monoisotopic (exact) mass is 216 g/mol. The van der Waals surface area contributed by atoms with Crippen molar-refractivity contribution in [1.82, 2.24) is 0 Å². The predicted molar refractivity (Wildman–Crippen MR) is 58.6 cm³/mol. The molecule has 4 heteroatoms. The lowest BCUT2D eigenvalue weighted by molar-refractivity contribution is -0.882. The van der Waals surface area contributed by atoms with Gasteiger partial charge in [-0.25, -0.2) is 4.79 Å². The van der Waals surface area contributed by atoms with Gasteiger partial charge in [0.05, 0.1) is 27.1 Å². The molecule has 0 fully saturated rings. The van der Waals surface area contributed by atoms with Gasteiger partial charge in [0.1, 0.15) is 5.78 Å². The van der Waals surface area contributed by atoms with E-state index in [4.69, 9.17) is 5.11 Å². The molecule has 0 amide bonds. The third-order valence-electron chi connectivity index (χ3n) is 2.69. The van der Waals surface area contributed by atoms with Crippen LogP contribution in [-0.2, 0) is 9.59 Å². The van der Waals surface area contributed by atoms with Gasteiger partial charge < -0.3 is 9.59 Å². The average molecular weight is 216 g/mol. The second-order valence-electron chi connectivity index (χ2n) is 4.74. The molecule has 15 heavy (non-hydrogen) atoms. The van der Waals surface area contributed by atoms with E-state index in [0.717, 1.165) is 6.42 Å². The number of Topliss-reactive ketones (excluding diaryl/α,β-unsaturated/α-hetero) is 1. The van der Waals surface area contributed by atoms with Crippen LogP contribution in [0.4, 0.5) is 0 Å². The normalized spacial score (nSPS) is 13.6. The molecule has 0 heterocycles. The van der Waals surface area contributed by atoms with Crippen molar-refractivity contribution in [3.05, 3.63) is 0 Å². The predicted octanol–water partition coefficient (Wildman–Crippen LogP) is 1.15. The number of likely N-dealkylation sites (N-methyl/N-ethyl adjacent to an activating group) is 1. The summed E-state index contributed by atoms with van der Waals surface area (Å²) in [5.41, 5.74) is 0. The van der Waals surface area contributed by atoms with E-state index in [1.54, 1.807) is 0 Å². The fourth-order valence-electron chi connectivity index (χ4n) is 1.33. The molecule has 0 aliphatic heterocycles. The molecule has 0 aliphatic rings. The van der Waals surface area contributed by atoms with Gasteiger partial charge in [-0.1, -0.05) is 13.8 Å². The maximum absolute atomic E-state index is 11.5. The minimum Gasteiger partial charge on any atom is -0.477 e. The summed E-state index contributed by atoms with van der Waals surface area (Å²) in [5, 5.41) is 8.67.